The van der Waals surface area contributed by atoms with Crippen molar-refractivity contribution >= 4 is 29.9 Å². The van der Waals surface area contributed by atoms with Crippen molar-refractivity contribution in [2.45, 2.75) is 38.2 Å². The number of hydrogen-bond acceptors (Lipinski definition) is 2. The average molecular weight is 435 g/mol. The van der Waals surface area contributed by atoms with E-state index >= 15 is 0 Å². The normalized spacial score (nSPS) is 20.9. The lowest BCUT2D eigenvalue weighted by Crippen LogP contribution is -2.45. The van der Waals surface area contributed by atoms with E-state index in [1.54, 1.807) is 19.2 Å². The molecule has 1 aliphatic heterocycles. The highest BCUT2D eigenvalue weighted by molar-refractivity contribution is 14.0. The van der Waals surface area contributed by atoms with Gasteiger partial charge in [0.05, 0.1) is 5.60 Å². The van der Waals surface area contributed by atoms with E-state index in [2.05, 4.69) is 22.5 Å². The molecule has 1 aromatic carbocycles. The second-order valence-corrected chi connectivity index (χ2v) is 5.99. The fraction of sp³-hybridized carbons (Fsp3) is 0.588. The minimum atomic E-state index is -0.173. The van der Waals surface area contributed by atoms with Crippen LogP contribution in [0, 0.1) is 5.82 Å². The predicted molar refractivity (Wildman–Crippen MR) is 103 cm³/mol. The summed E-state index contributed by atoms with van der Waals surface area (Å²) in [5.74, 6) is 0.615. The van der Waals surface area contributed by atoms with Gasteiger partial charge < -0.3 is 15.4 Å². The Bertz CT molecular complexity index is 504. The molecule has 0 amide bonds. The summed E-state index contributed by atoms with van der Waals surface area (Å²) in [4.78, 5) is 4.22. The van der Waals surface area contributed by atoms with Gasteiger partial charge in [-0.3, -0.25) is 4.99 Å². The Kier molecular flexibility index (Phi) is 8.83. The molecule has 2 N–H and O–H groups in total. The molecule has 0 aliphatic carbocycles. The first-order chi connectivity index (χ1) is 10.6. The van der Waals surface area contributed by atoms with Gasteiger partial charge in [-0.05, 0) is 50.3 Å². The summed E-state index contributed by atoms with van der Waals surface area (Å²) >= 11 is 0. The zero-order valence-electron chi connectivity index (χ0n) is 13.9. The summed E-state index contributed by atoms with van der Waals surface area (Å²) in [5, 5.41) is 6.60. The SMILES string of the molecule is CN=C(NCCCc1cccc(F)c1)NCC1(C)CCCO1.I. The number of halogens is 2. The van der Waals surface area contributed by atoms with Crippen LogP contribution in [-0.4, -0.2) is 38.3 Å². The van der Waals surface area contributed by atoms with Crippen molar-refractivity contribution in [3.05, 3.63) is 35.6 Å². The Balaban J connectivity index is 0.00000264. The topological polar surface area (TPSA) is 45.7 Å². The van der Waals surface area contributed by atoms with Crippen molar-refractivity contribution in [1.29, 1.82) is 0 Å². The molecule has 1 saturated heterocycles. The van der Waals surface area contributed by atoms with Crippen molar-refractivity contribution in [1.82, 2.24) is 10.6 Å². The third-order valence-electron chi connectivity index (χ3n) is 3.98. The standard InChI is InChI=1S/C17H26FN3O.HI/c1-17(9-5-11-22-17)13-21-16(19-2)20-10-4-7-14-6-3-8-15(18)12-14;/h3,6,8,12H,4-5,7,9-11,13H2,1-2H3,(H2,19,20,21);1H. The molecule has 1 aromatic rings. The Hall–Kier alpha value is -0.890. The summed E-state index contributed by atoms with van der Waals surface area (Å²) in [6.45, 7) is 4.53. The van der Waals surface area contributed by atoms with Crippen LogP contribution in [0.2, 0.25) is 0 Å². The van der Waals surface area contributed by atoms with Gasteiger partial charge in [-0.1, -0.05) is 12.1 Å². The van der Waals surface area contributed by atoms with Crippen molar-refractivity contribution in [2.24, 2.45) is 4.99 Å². The number of aliphatic imine (C=N–C) groups is 1. The van der Waals surface area contributed by atoms with E-state index in [1.807, 2.05) is 6.07 Å². The Morgan fingerprint density at radius 3 is 2.87 bits per heavy atom. The zero-order chi connectivity index (χ0) is 15.8. The molecule has 0 radical (unpaired) electrons. The van der Waals surface area contributed by atoms with Gasteiger partial charge in [0.15, 0.2) is 5.96 Å². The average Bonchev–Trinajstić information content (AvgIpc) is 2.94. The minimum absolute atomic E-state index is 0. The molecule has 0 bridgehead atoms. The number of nitrogens with one attached hydrogen (secondary N) is 2. The number of nitrogens with zero attached hydrogens (tertiary/aromatic N) is 1. The fourth-order valence-corrected chi connectivity index (χ4v) is 2.66. The summed E-state index contributed by atoms with van der Waals surface area (Å²) in [7, 11) is 1.76. The lowest BCUT2D eigenvalue weighted by Gasteiger charge is -2.24. The van der Waals surface area contributed by atoms with Crippen molar-refractivity contribution < 1.29 is 9.13 Å². The second-order valence-electron chi connectivity index (χ2n) is 5.99. The summed E-state index contributed by atoms with van der Waals surface area (Å²) < 4.78 is 18.8. The van der Waals surface area contributed by atoms with Crippen LogP contribution in [0.5, 0.6) is 0 Å². The third kappa shape index (κ3) is 7.03. The summed E-state index contributed by atoms with van der Waals surface area (Å²) in [6, 6.07) is 6.76. The van der Waals surface area contributed by atoms with Crippen LogP contribution in [0.3, 0.4) is 0 Å². The maximum Gasteiger partial charge on any atom is 0.191 e. The minimum Gasteiger partial charge on any atom is -0.373 e. The van der Waals surface area contributed by atoms with E-state index in [9.17, 15) is 4.39 Å². The molecular formula is C17H27FIN3O. The Morgan fingerprint density at radius 2 is 2.22 bits per heavy atom. The number of benzene rings is 1. The molecule has 2 rings (SSSR count). The van der Waals surface area contributed by atoms with Crippen LogP contribution in [0.25, 0.3) is 0 Å². The van der Waals surface area contributed by atoms with E-state index in [0.29, 0.717) is 0 Å². The molecule has 6 heteroatoms. The van der Waals surface area contributed by atoms with E-state index < -0.39 is 0 Å². The highest BCUT2D eigenvalue weighted by Gasteiger charge is 2.29. The van der Waals surface area contributed by atoms with E-state index in [0.717, 1.165) is 56.9 Å². The van der Waals surface area contributed by atoms with Gasteiger partial charge in [0.25, 0.3) is 0 Å². The van der Waals surface area contributed by atoms with Crippen molar-refractivity contribution in [3.8, 4) is 0 Å². The molecule has 0 aromatic heterocycles. The summed E-state index contributed by atoms with van der Waals surface area (Å²) in [5.41, 5.74) is 0.941. The van der Waals surface area contributed by atoms with E-state index in [1.165, 1.54) is 6.07 Å². The van der Waals surface area contributed by atoms with Gasteiger partial charge in [-0.15, -0.1) is 24.0 Å². The molecule has 1 fully saturated rings. The Labute approximate surface area is 155 Å². The molecular weight excluding hydrogens is 408 g/mol. The smallest absolute Gasteiger partial charge is 0.191 e. The second kappa shape index (κ2) is 10.1. The van der Waals surface area contributed by atoms with Gasteiger partial charge in [-0.25, -0.2) is 4.39 Å². The van der Waals surface area contributed by atoms with Gasteiger partial charge in [-0.2, -0.15) is 0 Å². The van der Waals surface area contributed by atoms with Gasteiger partial charge in [0, 0.05) is 26.7 Å². The first kappa shape index (κ1) is 20.2. The van der Waals surface area contributed by atoms with Crippen LogP contribution in [0.15, 0.2) is 29.3 Å². The molecule has 1 unspecified atom stereocenters. The van der Waals surface area contributed by atoms with Crippen LogP contribution in [-0.2, 0) is 11.2 Å². The summed E-state index contributed by atoms with van der Waals surface area (Å²) in [6.07, 6.45) is 3.98. The van der Waals surface area contributed by atoms with Crippen molar-refractivity contribution in [2.75, 3.05) is 26.7 Å². The molecule has 0 saturated carbocycles. The van der Waals surface area contributed by atoms with Crippen LogP contribution < -0.4 is 10.6 Å². The van der Waals surface area contributed by atoms with E-state index in [4.69, 9.17) is 4.74 Å². The Morgan fingerprint density at radius 1 is 1.39 bits per heavy atom. The number of rotatable bonds is 6. The highest BCUT2D eigenvalue weighted by atomic mass is 127. The van der Waals surface area contributed by atoms with Crippen LogP contribution in [0.1, 0.15) is 31.7 Å². The fourth-order valence-electron chi connectivity index (χ4n) is 2.66. The maximum absolute atomic E-state index is 13.1. The van der Waals surface area contributed by atoms with Crippen LogP contribution >= 0.6 is 24.0 Å². The molecule has 1 atom stereocenters. The number of hydrogen-bond donors (Lipinski definition) is 2. The molecule has 23 heavy (non-hydrogen) atoms. The lowest BCUT2D eigenvalue weighted by molar-refractivity contribution is 0.0243. The number of aryl methyl sites for hydroxylation is 1. The number of guanidine groups is 1. The van der Waals surface area contributed by atoms with Gasteiger partial charge in [0.1, 0.15) is 5.82 Å². The quantitative estimate of drug-likeness (QED) is 0.313. The molecule has 0 spiro atoms. The molecule has 1 heterocycles. The van der Waals surface area contributed by atoms with Crippen LogP contribution in [0.4, 0.5) is 4.39 Å². The van der Waals surface area contributed by atoms with Gasteiger partial charge in [0.2, 0.25) is 0 Å². The van der Waals surface area contributed by atoms with Gasteiger partial charge >= 0.3 is 0 Å². The molecule has 130 valence electrons. The monoisotopic (exact) mass is 435 g/mol. The zero-order valence-corrected chi connectivity index (χ0v) is 16.2. The molecule has 4 nitrogen and oxygen atoms in total. The molecule has 1 aliphatic rings. The van der Waals surface area contributed by atoms with Crippen molar-refractivity contribution in [3.63, 3.8) is 0 Å². The lowest BCUT2D eigenvalue weighted by atomic mass is 10.0. The first-order valence-electron chi connectivity index (χ1n) is 7.94. The largest absolute Gasteiger partial charge is 0.373 e. The maximum atomic E-state index is 13.1. The van der Waals surface area contributed by atoms with E-state index in [-0.39, 0.29) is 35.4 Å². The number of ether oxygens (including phenoxy) is 1. The third-order valence-corrected chi connectivity index (χ3v) is 3.98. The highest BCUT2D eigenvalue weighted by Crippen LogP contribution is 2.23. The first-order valence-corrected chi connectivity index (χ1v) is 7.94. The predicted octanol–water partition coefficient (Wildman–Crippen LogP) is 3.11.